The van der Waals surface area contributed by atoms with Gasteiger partial charge in [0, 0.05) is 30.4 Å². The molecule has 96 valence electrons. The predicted molar refractivity (Wildman–Crippen MR) is 70.8 cm³/mol. The van der Waals surface area contributed by atoms with Gasteiger partial charge in [-0.25, -0.2) is 4.39 Å². The first-order valence-electron chi connectivity index (χ1n) is 6.13. The summed E-state index contributed by atoms with van der Waals surface area (Å²) in [4.78, 5) is 0. The third kappa shape index (κ3) is 2.43. The van der Waals surface area contributed by atoms with Crippen molar-refractivity contribution in [2.24, 2.45) is 0 Å². The fraction of sp³-hybridized carbons (Fsp3) is 0.357. The normalized spacial score (nSPS) is 10.9. The van der Waals surface area contributed by atoms with Gasteiger partial charge >= 0.3 is 0 Å². The third-order valence-electron chi connectivity index (χ3n) is 3.00. The van der Waals surface area contributed by atoms with Crippen molar-refractivity contribution in [1.82, 2.24) is 15.1 Å². The highest BCUT2D eigenvalue weighted by molar-refractivity contribution is 5.65. The molecule has 0 saturated heterocycles. The molecule has 1 aromatic heterocycles. The average Bonchev–Trinajstić information content (AvgIpc) is 2.73. The maximum atomic E-state index is 13.9. The Morgan fingerprint density at radius 3 is 2.72 bits per heavy atom. The van der Waals surface area contributed by atoms with Gasteiger partial charge < -0.3 is 5.32 Å². The molecule has 2 rings (SSSR count). The summed E-state index contributed by atoms with van der Waals surface area (Å²) in [5.74, 6) is -0.175. The zero-order valence-corrected chi connectivity index (χ0v) is 11.0. The minimum Gasteiger partial charge on any atom is -0.316 e. The third-order valence-corrected chi connectivity index (χ3v) is 3.00. The Kier molecular flexibility index (Phi) is 3.77. The molecule has 3 nitrogen and oxygen atoms in total. The van der Waals surface area contributed by atoms with Crippen molar-refractivity contribution in [1.29, 1.82) is 0 Å². The van der Waals surface area contributed by atoms with Gasteiger partial charge in [-0.2, -0.15) is 5.10 Å². The fourth-order valence-corrected chi connectivity index (χ4v) is 2.01. The quantitative estimate of drug-likeness (QED) is 0.900. The number of aromatic nitrogens is 2. The van der Waals surface area contributed by atoms with E-state index in [1.807, 2.05) is 43.9 Å². The van der Waals surface area contributed by atoms with Gasteiger partial charge in [0.2, 0.25) is 0 Å². The molecule has 0 unspecified atom stereocenters. The predicted octanol–water partition coefficient (Wildman–Crippen LogP) is 2.74. The van der Waals surface area contributed by atoms with Gasteiger partial charge in [-0.3, -0.25) is 4.68 Å². The maximum Gasteiger partial charge on any atom is 0.128 e. The molecule has 0 aliphatic heterocycles. The van der Waals surface area contributed by atoms with Gasteiger partial charge in [0.15, 0.2) is 0 Å². The van der Waals surface area contributed by atoms with Crippen LogP contribution in [0, 0.1) is 12.7 Å². The minimum atomic E-state index is -0.175. The van der Waals surface area contributed by atoms with E-state index in [-0.39, 0.29) is 5.82 Å². The van der Waals surface area contributed by atoms with Crippen LogP contribution >= 0.6 is 0 Å². The first-order chi connectivity index (χ1) is 8.65. The summed E-state index contributed by atoms with van der Waals surface area (Å²) in [6.07, 6.45) is 1.96. The minimum absolute atomic E-state index is 0.175. The van der Waals surface area contributed by atoms with Crippen molar-refractivity contribution in [3.8, 4) is 11.1 Å². The molecule has 18 heavy (non-hydrogen) atoms. The van der Waals surface area contributed by atoms with Crippen molar-refractivity contribution in [3.05, 3.63) is 41.5 Å². The van der Waals surface area contributed by atoms with Crippen LogP contribution in [0.3, 0.4) is 0 Å². The zero-order valence-electron chi connectivity index (χ0n) is 11.0. The molecule has 0 saturated carbocycles. The Morgan fingerprint density at radius 2 is 2.17 bits per heavy atom. The molecule has 2 aromatic rings. The number of nitrogens with one attached hydrogen (secondary N) is 1. The van der Waals surface area contributed by atoms with E-state index in [1.54, 1.807) is 6.07 Å². The van der Waals surface area contributed by atoms with Crippen LogP contribution in [0.4, 0.5) is 4.39 Å². The van der Waals surface area contributed by atoms with E-state index in [1.165, 1.54) is 0 Å². The molecule has 0 radical (unpaired) electrons. The van der Waals surface area contributed by atoms with E-state index in [0.717, 1.165) is 23.4 Å². The van der Waals surface area contributed by atoms with Crippen LogP contribution < -0.4 is 5.32 Å². The largest absolute Gasteiger partial charge is 0.316 e. The van der Waals surface area contributed by atoms with Crippen LogP contribution in [0.2, 0.25) is 0 Å². The Labute approximate surface area is 107 Å². The Hall–Kier alpha value is -1.68. The first kappa shape index (κ1) is 12.8. The van der Waals surface area contributed by atoms with E-state index in [2.05, 4.69) is 10.4 Å². The van der Waals surface area contributed by atoms with Gasteiger partial charge in [0.1, 0.15) is 5.82 Å². The standard InChI is InChI=1S/C14H18FN3/c1-4-18-9-13(10(2)17-18)11-5-6-12(8-16-3)14(15)7-11/h5-7,9,16H,4,8H2,1-3H3. The summed E-state index contributed by atoms with van der Waals surface area (Å²) in [5, 5.41) is 7.33. The van der Waals surface area contributed by atoms with Crippen LogP contribution in [0.5, 0.6) is 0 Å². The molecular formula is C14H18FN3. The zero-order chi connectivity index (χ0) is 13.1. The molecule has 0 bridgehead atoms. The second-order valence-corrected chi connectivity index (χ2v) is 4.32. The monoisotopic (exact) mass is 247 g/mol. The Morgan fingerprint density at radius 1 is 1.39 bits per heavy atom. The van der Waals surface area contributed by atoms with Crippen molar-refractivity contribution in [3.63, 3.8) is 0 Å². The van der Waals surface area contributed by atoms with E-state index in [9.17, 15) is 4.39 Å². The lowest BCUT2D eigenvalue weighted by Gasteiger charge is -2.05. The molecule has 1 heterocycles. The lowest BCUT2D eigenvalue weighted by atomic mass is 10.0. The topological polar surface area (TPSA) is 29.9 Å². The maximum absolute atomic E-state index is 13.9. The number of hydrogen-bond donors (Lipinski definition) is 1. The van der Waals surface area contributed by atoms with Crippen LogP contribution in [-0.4, -0.2) is 16.8 Å². The number of nitrogens with zero attached hydrogens (tertiary/aromatic N) is 2. The molecule has 4 heteroatoms. The first-order valence-corrected chi connectivity index (χ1v) is 6.13. The molecule has 1 aromatic carbocycles. The molecule has 0 amide bonds. The molecule has 1 N–H and O–H groups in total. The van der Waals surface area contributed by atoms with Crippen LogP contribution in [0.25, 0.3) is 11.1 Å². The number of aryl methyl sites for hydroxylation is 2. The molecule has 0 atom stereocenters. The second-order valence-electron chi connectivity index (χ2n) is 4.32. The van der Waals surface area contributed by atoms with Crippen molar-refractivity contribution in [2.45, 2.75) is 26.9 Å². The summed E-state index contributed by atoms with van der Waals surface area (Å²) >= 11 is 0. The van der Waals surface area contributed by atoms with Gasteiger partial charge in [0.05, 0.1) is 5.69 Å². The summed E-state index contributed by atoms with van der Waals surface area (Å²) in [6.45, 7) is 5.34. The van der Waals surface area contributed by atoms with Gasteiger partial charge in [0.25, 0.3) is 0 Å². The van der Waals surface area contributed by atoms with Gasteiger partial charge in [-0.1, -0.05) is 12.1 Å². The summed E-state index contributed by atoms with van der Waals surface area (Å²) < 4.78 is 15.7. The number of hydrogen-bond acceptors (Lipinski definition) is 2. The lowest BCUT2D eigenvalue weighted by Crippen LogP contribution is -2.06. The molecule has 0 aliphatic rings. The highest BCUT2D eigenvalue weighted by atomic mass is 19.1. The number of benzene rings is 1. The van der Waals surface area contributed by atoms with Crippen molar-refractivity contribution < 1.29 is 4.39 Å². The highest BCUT2D eigenvalue weighted by Gasteiger charge is 2.09. The van der Waals surface area contributed by atoms with Crippen LogP contribution in [-0.2, 0) is 13.1 Å². The van der Waals surface area contributed by atoms with Gasteiger partial charge in [-0.05, 0) is 32.5 Å². The molecule has 0 aliphatic carbocycles. The van der Waals surface area contributed by atoms with E-state index >= 15 is 0 Å². The average molecular weight is 247 g/mol. The Bertz CT molecular complexity index is 546. The number of halogens is 1. The summed E-state index contributed by atoms with van der Waals surface area (Å²) in [6, 6.07) is 5.35. The molecule has 0 fully saturated rings. The smallest absolute Gasteiger partial charge is 0.128 e. The van der Waals surface area contributed by atoms with E-state index in [0.29, 0.717) is 12.1 Å². The van der Waals surface area contributed by atoms with Crippen LogP contribution in [0.1, 0.15) is 18.2 Å². The SMILES string of the molecule is CCn1cc(-c2ccc(CNC)c(F)c2)c(C)n1. The molecule has 0 spiro atoms. The number of rotatable bonds is 4. The van der Waals surface area contributed by atoms with Crippen molar-refractivity contribution in [2.75, 3.05) is 7.05 Å². The van der Waals surface area contributed by atoms with E-state index < -0.39 is 0 Å². The second kappa shape index (κ2) is 5.31. The Balaban J connectivity index is 2.38. The van der Waals surface area contributed by atoms with Crippen LogP contribution in [0.15, 0.2) is 24.4 Å². The fourth-order valence-electron chi connectivity index (χ4n) is 2.01. The van der Waals surface area contributed by atoms with Gasteiger partial charge in [-0.15, -0.1) is 0 Å². The van der Waals surface area contributed by atoms with E-state index in [4.69, 9.17) is 0 Å². The highest BCUT2D eigenvalue weighted by Crippen LogP contribution is 2.24. The summed E-state index contributed by atoms with van der Waals surface area (Å²) in [7, 11) is 1.81. The van der Waals surface area contributed by atoms with Crippen molar-refractivity contribution >= 4 is 0 Å². The summed E-state index contributed by atoms with van der Waals surface area (Å²) in [5.41, 5.74) is 3.48. The molecular weight excluding hydrogens is 229 g/mol. The lowest BCUT2D eigenvalue weighted by molar-refractivity contribution is 0.601.